The molecule has 1 N–H and O–H groups in total. The van der Waals surface area contributed by atoms with Crippen LogP contribution in [0.5, 0.6) is 0 Å². The number of ether oxygens (including phenoxy) is 1. The largest absolute Gasteiger partial charge is 0.454 e. The van der Waals surface area contributed by atoms with E-state index in [1.807, 2.05) is 44.2 Å². The van der Waals surface area contributed by atoms with Gasteiger partial charge in [-0.2, -0.15) is 0 Å². The summed E-state index contributed by atoms with van der Waals surface area (Å²) in [5.74, 6) is -1.89. The molecule has 0 unspecified atom stereocenters. The predicted molar refractivity (Wildman–Crippen MR) is 114 cm³/mol. The van der Waals surface area contributed by atoms with Crippen LogP contribution in [0.1, 0.15) is 29.8 Å². The second-order valence-corrected chi connectivity index (χ2v) is 7.27. The molecule has 31 heavy (non-hydrogen) atoms. The van der Waals surface area contributed by atoms with Crippen molar-refractivity contribution in [2.75, 3.05) is 13.2 Å². The van der Waals surface area contributed by atoms with Crippen molar-refractivity contribution in [3.05, 3.63) is 74.8 Å². The van der Waals surface area contributed by atoms with Gasteiger partial charge in [0.2, 0.25) is 0 Å². The minimum Gasteiger partial charge on any atom is -0.454 e. The molecule has 0 aliphatic rings. The van der Waals surface area contributed by atoms with Gasteiger partial charge < -0.3 is 15.0 Å². The zero-order valence-electron chi connectivity index (χ0n) is 17.0. The summed E-state index contributed by atoms with van der Waals surface area (Å²) in [5.41, 5.74) is 0.490. The maximum absolute atomic E-state index is 12.5. The summed E-state index contributed by atoms with van der Waals surface area (Å²) < 4.78 is 4.97. The lowest BCUT2D eigenvalue weighted by Crippen LogP contribution is -2.40. The van der Waals surface area contributed by atoms with E-state index in [0.29, 0.717) is 6.54 Å². The van der Waals surface area contributed by atoms with Crippen LogP contribution in [-0.4, -0.2) is 46.8 Å². The van der Waals surface area contributed by atoms with E-state index in [1.54, 1.807) is 4.90 Å². The van der Waals surface area contributed by atoms with E-state index in [1.165, 1.54) is 12.1 Å². The summed E-state index contributed by atoms with van der Waals surface area (Å²) in [6.07, 6.45) is 0. The molecule has 0 aliphatic carbocycles. The molecule has 164 valence electrons. The second-order valence-electron chi connectivity index (χ2n) is 6.87. The molecule has 0 spiro atoms. The number of benzene rings is 2. The number of hydrogen-bond acceptors (Lipinski definition) is 6. The van der Waals surface area contributed by atoms with Crippen molar-refractivity contribution in [1.82, 2.24) is 10.2 Å². The fourth-order valence-corrected chi connectivity index (χ4v) is 2.85. The lowest BCUT2D eigenvalue weighted by atomic mass is 10.2. The first-order chi connectivity index (χ1) is 14.7. The van der Waals surface area contributed by atoms with Crippen molar-refractivity contribution in [2.24, 2.45) is 0 Å². The van der Waals surface area contributed by atoms with Crippen LogP contribution in [0.4, 0.5) is 5.69 Å². The van der Waals surface area contributed by atoms with Gasteiger partial charge in [0.15, 0.2) is 6.61 Å². The number of halogens is 1. The first-order valence-corrected chi connectivity index (χ1v) is 9.78. The highest BCUT2D eigenvalue weighted by Crippen LogP contribution is 2.24. The Morgan fingerprint density at radius 3 is 2.45 bits per heavy atom. The molecule has 0 saturated heterocycles. The van der Waals surface area contributed by atoms with Gasteiger partial charge in [-0.05, 0) is 31.5 Å². The van der Waals surface area contributed by atoms with Crippen LogP contribution < -0.4 is 5.32 Å². The minimum absolute atomic E-state index is 0.0335. The number of carbonyl (C=O) groups excluding carboxylic acids is 3. The number of nitro benzene ring substituents is 1. The van der Waals surface area contributed by atoms with Gasteiger partial charge in [0.05, 0.1) is 4.92 Å². The highest BCUT2D eigenvalue weighted by Gasteiger charge is 2.20. The zero-order valence-corrected chi connectivity index (χ0v) is 17.8. The van der Waals surface area contributed by atoms with Gasteiger partial charge >= 0.3 is 5.97 Å². The van der Waals surface area contributed by atoms with Gasteiger partial charge in [0.1, 0.15) is 11.6 Å². The number of nitrogens with zero attached hydrogens (tertiary/aromatic N) is 2. The van der Waals surface area contributed by atoms with Crippen molar-refractivity contribution < 1.29 is 24.0 Å². The lowest BCUT2D eigenvalue weighted by molar-refractivity contribution is -0.384. The molecule has 2 aromatic carbocycles. The van der Waals surface area contributed by atoms with E-state index in [9.17, 15) is 24.5 Å². The van der Waals surface area contributed by atoms with E-state index in [-0.39, 0.29) is 22.5 Å². The van der Waals surface area contributed by atoms with Crippen molar-refractivity contribution >= 4 is 35.1 Å². The minimum atomic E-state index is -0.811. The molecular weight excluding hydrogens is 426 g/mol. The van der Waals surface area contributed by atoms with E-state index < -0.39 is 35.6 Å². The normalized spacial score (nSPS) is 10.5. The Hall–Kier alpha value is -3.46. The molecule has 9 nitrogen and oxygen atoms in total. The number of rotatable bonds is 9. The zero-order chi connectivity index (χ0) is 23.0. The van der Waals surface area contributed by atoms with E-state index in [2.05, 4.69) is 5.32 Å². The van der Waals surface area contributed by atoms with Crippen LogP contribution >= 0.6 is 11.6 Å². The predicted octanol–water partition coefficient (Wildman–Crippen LogP) is 2.96. The van der Waals surface area contributed by atoms with Crippen LogP contribution in [0, 0.1) is 10.1 Å². The Morgan fingerprint density at radius 1 is 1.16 bits per heavy atom. The maximum atomic E-state index is 12.5. The van der Waals surface area contributed by atoms with Gasteiger partial charge in [0, 0.05) is 24.2 Å². The van der Waals surface area contributed by atoms with E-state index >= 15 is 0 Å². The van der Waals surface area contributed by atoms with Gasteiger partial charge in [-0.1, -0.05) is 41.9 Å². The number of carbonyl (C=O) groups is 3. The average Bonchev–Trinajstić information content (AvgIpc) is 2.74. The Balaban J connectivity index is 1.86. The average molecular weight is 448 g/mol. The van der Waals surface area contributed by atoms with Gasteiger partial charge in [0.25, 0.3) is 17.5 Å². The summed E-state index contributed by atoms with van der Waals surface area (Å²) in [6, 6.07) is 12.8. The van der Waals surface area contributed by atoms with Crippen molar-refractivity contribution in [2.45, 2.75) is 26.4 Å². The fraction of sp³-hybridized carbons (Fsp3) is 0.286. The van der Waals surface area contributed by atoms with Gasteiger partial charge in [-0.15, -0.1) is 0 Å². The molecule has 0 bridgehead atoms. The fourth-order valence-electron chi connectivity index (χ4n) is 2.66. The number of nitro groups is 1. The lowest BCUT2D eigenvalue weighted by Gasteiger charge is -2.26. The molecule has 0 atom stereocenters. The Morgan fingerprint density at radius 2 is 1.84 bits per heavy atom. The summed E-state index contributed by atoms with van der Waals surface area (Å²) in [6.45, 7) is 3.12. The molecule has 2 rings (SSSR count). The van der Waals surface area contributed by atoms with Crippen LogP contribution in [0.15, 0.2) is 48.5 Å². The summed E-state index contributed by atoms with van der Waals surface area (Å²) in [4.78, 5) is 48.3. The molecule has 0 radical (unpaired) electrons. The molecule has 0 aromatic heterocycles. The Kier molecular flexibility index (Phi) is 8.51. The quantitative estimate of drug-likeness (QED) is 0.358. The third-order valence-electron chi connectivity index (χ3n) is 4.29. The van der Waals surface area contributed by atoms with E-state index in [4.69, 9.17) is 16.3 Å². The Bertz CT molecular complexity index is 965. The third kappa shape index (κ3) is 7.07. The molecule has 2 aromatic rings. The molecule has 0 saturated carbocycles. The van der Waals surface area contributed by atoms with Crippen LogP contribution in [0.3, 0.4) is 0 Å². The highest BCUT2D eigenvalue weighted by atomic mass is 35.5. The second kappa shape index (κ2) is 11.1. The van der Waals surface area contributed by atoms with Crippen LogP contribution in [0.25, 0.3) is 0 Å². The summed E-state index contributed by atoms with van der Waals surface area (Å²) in [5, 5.41) is 13.1. The smallest absolute Gasteiger partial charge is 0.325 e. The molecular formula is C21H22ClN3O6. The first kappa shape index (κ1) is 23.8. The maximum Gasteiger partial charge on any atom is 0.325 e. The molecule has 0 fully saturated rings. The van der Waals surface area contributed by atoms with Gasteiger partial charge in [-0.3, -0.25) is 24.5 Å². The monoisotopic (exact) mass is 447 g/mol. The van der Waals surface area contributed by atoms with Crippen LogP contribution in [-0.2, 0) is 20.9 Å². The highest BCUT2D eigenvalue weighted by molar-refractivity contribution is 6.32. The molecule has 0 heterocycles. The standard InChI is InChI=1S/C21H22ClN3O6/c1-14(2)24(12-15-6-4-3-5-7-15)19(26)13-31-20(27)11-23-21(28)16-8-9-17(22)18(10-16)25(29)30/h3-10,14H,11-13H2,1-2H3,(H,23,28). The number of esters is 1. The molecule has 10 heteroatoms. The molecule has 0 aliphatic heterocycles. The van der Waals surface area contributed by atoms with Gasteiger partial charge in [-0.25, -0.2) is 0 Å². The number of amides is 2. The first-order valence-electron chi connectivity index (χ1n) is 9.40. The number of hydrogen-bond donors (Lipinski definition) is 1. The summed E-state index contributed by atoms with van der Waals surface area (Å²) in [7, 11) is 0. The SMILES string of the molecule is CC(C)N(Cc1ccccc1)C(=O)COC(=O)CNC(=O)c1ccc(Cl)c([N+](=O)[O-])c1. The van der Waals surface area contributed by atoms with Crippen molar-refractivity contribution in [3.63, 3.8) is 0 Å². The topological polar surface area (TPSA) is 119 Å². The van der Waals surface area contributed by atoms with Crippen LogP contribution in [0.2, 0.25) is 5.02 Å². The Labute approximate surface area is 184 Å². The number of nitrogens with one attached hydrogen (secondary N) is 1. The summed E-state index contributed by atoms with van der Waals surface area (Å²) >= 11 is 5.71. The van der Waals surface area contributed by atoms with Crippen molar-refractivity contribution in [3.8, 4) is 0 Å². The molecule has 2 amide bonds. The van der Waals surface area contributed by atoms with E-state index in [0.717, 1.165) is 11.6 Å². The third-order valence-corrected chi connectivity index (χ3v) is 4.61. The van der Waals surface area contributed by atoms with Crippen molar-refractivity contribution in [1.29, 1.82) is 0 Å².